The monoisotopic (exact) mass is 472 g/mol. The van der Waals surface area contributed by atoms with Crippen molar-refractivity contribution in [3.63, 3.8) is 0 Å². The molecule has 0 saturated carbocycles. The molecule has 0 aliphatic carbocycles. The molecule has 0 amide bonds. The van der Waals surface area contributed by atoms with Gasteiger partial charge in [-0.3, -0.25) is 0 Å². The molecule has 1 rings (SSSR count). The Morgan fingerprint density at radius 2 is 0.875 bits per heavy atom. The fourth-order valence-electron chi connectivity index (χ4n) is 1.16. The van der Waals surface area contributed by atoms with Crippen molar-refractivity contribution in [2.75, 3.05) is 0 Å². The van der Waals surface area contributed by atoms with Crippen molar-refractivity contribution in [2.45, 2.75) is 12.8 Å². The smallest absolute Gasteiger partial charge is 0.143 e. The highest BCUT2D eigenvalue weighted by molar-refractivity contribution is 7.76. The maximum atomic E-state index is 6.13. The van der Waals surface area contributed by atoms with Gasteiger partial charge in [0.15, 0.2) is 7.16 Å². The molecule has 1 saturated heterocycles. The van der Waals surface area contributed by atoms with Gasteiger partial charge in [-0.2, -0.15) is 0 Å². The molecule has 0 bridgehead atoms. The van der Waals surface area contributed by atoms with Gasteiger partial charge in [0, 0.05) is 0 Å². The first-order chi connectivity index (χ1) is 6.71. The lowest BCUT2D eigenvalue weighted by atomic mass is 11.7. The van der Waals surface area contributed by atoms with Gasteiger partial charge in [-0.25, -0.2) is 0 Å². The van der Waals surface area contributed by atoms with Gasteiger partial charge in [0.05, 0.1) is 0 Å². The minimum Gasteiger partial charge on any atom is -0.143 e. The van der Waals surface area contributed by atoms with Crippen molar-refractivity contribution in [1.82, 2.24) is 0 Å². The molecule has 96 valence electrons. The van der Waals surface area contributed by atoms with E-state index < -0.39 is 27.2 Å². The van der Waals surface area contributed by atoms with Crippen molar-refractivity contribution in [1.29, 1.82) is 0 Å². The summed E-state index contributed by atoms with van der Waals surface area (Å²) in [6, 6.07) is 0. The Morgan fingerprint density at radius 3 is 1.12 bits per heavy atom. The van der Waals surface area contributed by atoms with E-state index in [4.69, 9.17) is 113 Å². The second kappa shape index (κ2) is 4.79. The summed E-state index contributed by atoms with van der Waals surface area (Å²) in [5.74, 6) is 0. The Balaban J connectivity index is 3.43. The predicted octanol–water partition coefficient (Wildman–Crippen LogP) is 5.80. The van der Waals surface area contributed by atoms with Crippen LogP contribution in [0.1, 0.15) is 0 Å². The zero-order valence-electron chi connectivity index (χ0n) is 6.99. The summed E-state index contributed by atoms with van der Waals surface area (Å²) < 4.78 is -3.51. The molecule has 1 heterocycles. The molecule has 0 N–H and O–H groups in total. The molecule has 0 nitrogen and oxygen atoms in total. The highest BCUT2D eigenvalue weighted by Crippen LogP contribution is 2.66. The predicted molar refractivity (Wildman–Crippen MR) is 86.1 cm³/mol. The summed E-state index contributed by atoms with van der Waals surface area (Å²) in [6.45, 7) is -10.3. The van der Waals surface area contributed by atoms with E-state index >= 15 is 0 Å². The maximum Gasteiger partial charge on any atom is 0.320 e. The molecule has 0 aromatic heterocycles. The van der Waals surface area contributed by atoms with Gasteiger partial charge < -0.3 is 0 Å². The van der Waals surface area contributed by atoms with Crippen LogP contribution in [0.2, 0.25) is 5.67 Å². The maximum absolute atomic E-state index is 6.13. The number of hydrogen-bond acceptors (Lipinski definition) is 0. The van der Waals surface area contributed by atoms with Crippen LogP contribution in [-0.2, 0) is 0 Å². The third-order valence-corrected chi connectivity index (χ3v) is 41.3. The fourth-order valence-corrected chi connectivity index (χ4v) is 42.0. The van der Waals surface area contributed by atoms with Crippen LogP contribution in [0, 0.1) is 0 Å². The van der Waals surface area contributed by atoms with Crippen molar-refractivity contribution in [3.8, 4) is 0 Å². The molecule has 0 atom stereocenters. The normalized spacial score (nSPS) is 33.4. The standard InChI is InChI=1S/C3H2Cl10Si3/c4-2(5)14(8,9)1-15(10,11)3(6,7)16(2,12)13/h1H2. The number of hydrogen-bond donors (Lipinski definition) is 0. The van der Waals surface area contributed by atoms with Gasteiger partial charge >= 0.3 is 6.69 Å². The summed E-state index contributed by atoms with van der Waals surface area (Å²) in [5, 5.41) is 0. The zero-order chi connectivity index (χ0) is 13.2. The topological polar surface area (TPSA) is 0 Å². The van der Waals surface area contributed by atoms with Crippen LogP contribution >= 0.6 is 113 Å². The third-order valence-electron chi connectivity index (χ3n) is 2.15. The van der Waals surface area contributed by atoms with Crippen molar-refractivity contribution in [2.24, 2.45) is 0 Å². The molecule has 1 aliphatic rings. The molecular formula is C3H2Cl10Si3. The molecule has 0 unspecified atom stereocenters. The van der Waals surface area contributed by atoms with Crippen LogP contribution in [0.3, 0.4) is 0 Å². The lowest BCUT2D eigenvalue weighted by Gasteiger charge is -2.52. The minimum absolute atomic E-state index is 0.0135. The Morgan fingerprint density at radius 1 is 0.625 bits per heavy atom. The van der Waals surface area contributed by atoms with Crippen molar-refractivity contribution < 1.29 is 0 Å². The summed E-state index contributed by atoms with van der Waals surface area (Å²) in [6.07, 6.45) is 0. The molecular weight excluding hydrogens is 475 g/mol. The Kier molecular flexibility index (Phi) is 5.27. The summed E-state index contributed by atoms with van der Waals surface area (Å²) in [5.41, 5.74) is -0.0135. The molecule has 13 heteroatoms. The van der Waals surface area contributed by atoms with E-state index in [1.807, 2.05) is 0 Å². The first kappa shape index (κ1) is 17.6. The molecule has 0 aromatic carbocycles. The molecule has 16 heavy (non-hydrogen) atoms. The van der Waals surface area contributed by atoms with Crippen LogP contribution in [0.4, 0.5) is 0 Å². The third kappa shape index (κ3) is 2.32. The van der Waals surface area contributed by atoms with Gasteiger partial charge in [0.25, 0.3) is 13.4 Å². The second-order valence-electron chi connectivity index (χ2n) is 3.31. The van der Waals surface area contributed by atoms with E-state index in [-0.39, 0.29) is 5.67 Å². The van der Waals surface area contributed by atoms with Crippen molar-refractivity contribution in [3.05, 3.63) is 0 Å². The Bertz CT molecular complexity index is 280. The highest BCUT2D eigenvalue weighted by atomic mass is 35.7. The summed E-state index contributed by atoms with van der Waals surface area (Å²) in [4.78, 5) is 0. The van der Waals surface area contributed by atoms with Gasteiger partial charge in [-0.1, -0.05) is 0 Å². The average Bonchev–Trinajstić information content (AvgIpc) is 1.98. The molecule has 0 aromatic rings. The van der Waals surface area contributed by atoms with Crippen LogP contribution in [0.25, 0.3) is 0 Å². The molecule has 1 aliphatic heterocycles. The molecule has 0 radical (unpaired) electrons. The van der Waals surface area contributed by atoms with E-state index in [1.165, 1.54) is 0 Å². The van der Waals surface area contributed by atoms with E-state index in [0.29, 0.717) is 0 Å². The minimum atomic E-state index is -3.71. The van der Waals surface area contributed by atoms with E-state index in [2.05, 4.69) is 0 Å². The van der Waals surface area contributed by atoms with Crippen LogP contribution < -0.4 is 0 Å². The summed E-state index contributed by atoms with van der Waals surface area (Å²) in [7, 11) is 0. The highest BCUT2D eigenvalue weighted by Gasteiger charge is 2.83. The lowest BCUT2D eigenvalue weighted by Crippen LogP contribution is -2.77. The molecule has 1 fully saturated rings. The first-order valence-corrected chi connectivity index (χ1v) is 17.6. The SMILES string of the molecule is ClC1(Cl)[Si](Cl)(Cl)C[Si](Cl)(Cl)C(Cl)(Cl)[Si]1(Cl)Cl. The number of alkyl halides is 4. The zero-order valence-corrected chi connectivity index (χ0v) is 17.5. The van der Waals surface area contributed by atoms with Gasteiger partial charge in [0.1, 0.15) is 0 Å². The number of halogens is 10. The van der Waals surface area contributed by atoms with Gasteiger partial charge in [-0.15, -0.1) is 113 Å². The van der Waals surface area contributed by atoms with Crippen LogP contribution in [0.15, 0.2) is 0 Å². The van der Waals surface area contributed by atoms with Crippen LogP contribution in [-0.4, -0.2) is 27.2 Å². The van der Waals surface area contributed by atoms with E-state index in [0.717, 1.165) is 0 Å². The molecule has 0 spiro atoms. The van der Waals surface area contributed by atoms with E-state index in [9.17, 15) is 0 Å². The quantitative estimate of drug-likeness (QED) is 0.235. The lowest BCUT2D eigenvalue weighted by molar-refractivity contribution is 1.37. The van der Waals surface area contributed by atoms with E-state index in [1.54, 1.807) is 0 Å². The van der Waals surface area contributed by atoms with Crippen LogP contribution in [0.5, 0.6) is 0 Å². The number of rotatable bonds is 0. The van der Waals surface area contributed by atoms with Gasteiger partial charge in [-0.05, 0) is 5.67 Å². The van der Waals surface area contributed by atoms with Gasteiger partial charge in [0.2, 0.25) is 0 Å². The average molecular weight is 477 g/mol. The second-order valence-corrected chi connectivity index (χ2v) is 30.8. The fraction of sp³-hybridized carbons (Fsp3) is 1.00. The largest absolute Gasteiger partial charge is 0.320 e. The Labute approximate surface area is 144 Å². The first-order valence-electron chi connectivity index (χ1n) is 3.60. The summed E-state index contributed by atoms with van der Waals surface area (Å²) >= 11 is 61.0. The van der Waals surface area contributed by atoms with Crippen molar-refractivity contribution >= 4 is 133 Å². The Hall–Kier alpha value is 3.55.